The number of rotatable bonds is 6. The fourth-order valence-corrected chi connectivity index (χ4v) is 2.20. The fraction of sp³-hybridized carbons (Fsp3) is 0.462. The zero-order chi connectivity index (χ0) is 14.3. The molecule has 5 nitrogen and oxygen atoms in total. The first-order chi connectivity index (χ1) is 9.07. The van der Waals surface area contributed by atoms with Gasteiger partial charge in [-0.2, -0.15) is 0 Å². The summed E-state index contributed by atoms with van der Waals surface area (Å²) in [6, 6.07) is 1.87. The molecule has 19 heavy (non-hydrogen) atoms. The molecule has 0 aliphatic heterocycles. The van der Waals surface area contributed by atoms with Gasteiger partial charge in [-0.25, -0.2) is 0 Å². The average Bonchev–Trinajstić information content (AvgIpc) is 2.43. The van der Waals surface area contributed by atoms with Crippen LogP contribution in [0.5, 0.6) is 0 Å². The zero-order valence-electron chi connectivity index (χ0n) is 11.2. The highest BCUT2D eigenvalue weighted by Gasteiger charge is 2.32. The minimum Gasteiger partial charge on any atom is -0.370 e. The number of nitrogens with zero attached hydrogens (tertiary/aromatic N) is 2. The number of carbonyl (C=O) groups excluding carboxylic acids is 1. The van der Waals surface area contributed by atoms with Gasteiger partial charge in [-0.3, -0.25) is 9.98 Å². The van der Waals surface area contributed by atoms with Crippen LogP contribution in [0.3, 0.4) is 0 Å². The minimum atomic E-state index is -0.879. The summed E-state index contributed by atoms with van der Waals surface area (Å²) in [7, 11) is 1.58. The molecule has 0 aromatic carbocycles. The number of pyridine rings is 1. The molecular formula is C13H19BrN4O. The van der Waals surface area contributed by atoms with Crippen molar-refractivity contribution in [1.82, 2.24) is 10.3 Å². The molecule has 1 atom stereocenters. The Morgan fingerprint density at radius 3 is 2.89 bits per heavy atom. The first kappa shape index (κ1) is 15.6. The lowest BCUT2D eigenvalue weighted by atomic mass is 9.87. The Labute approximate surface area is 121 Å². The number of unbranched alkanes of at least 4 members (excludes halogenated alkanes) is 1. The minimum absolute atomic E-state index is 0.239. The number of nitrogens with two attached hydrogens (primary N) is 1. The van der Waals surface area contributed by atoms with Crippen molar-refractivity contribution in [2.45, 2.75) is 31.7 Å². The molecule has 0 saturated heterocycles. The van der Waals surface area contributed by atoms with Crippen LogP contribution in [0.2, 0.25) is 0 Å². The molecule has 0 radical (unpaired) electrons. The van der Waals surface area contributed by atoms with Crippen LogP contribution in [0.4, 0.5) is 0 Å². The number of carbonyl (C=O) groups is 1. The predicted octanol–water partition coefficient (Wildman–Crippen LogP) is 1.96. The van der Waals surface area contributed by atoms with Crippen LogP contribution in [0.15, 0.2) is 27.9 Å². The van der Waals surface area contributed by atoms with Gasteiger partial charge in [-0.1, -0.05) is 19.8 Å². The molecule has 1 aromatic heterocycles. The maximum atomic E-state index is 11.7. The summed E-state index contributed by atoms with van der Waals surface area (Å²) in [6.07, 6.45) is 6.75. The molecule has 0 aliphatic rings. The van der Waals surface area contributed by atoms with Crippen molar-refractivity contribution in [2.75, 3.05) is 7.05 Å². The molecule has 0 spiro atoms. The fourth-order valence-electron chi connectivity index (χ4n) is 1.83. The van der Waals surface area contributed by atoms with Gasteiger partial charge >= 0.3 is 0 Å². The van der Waals surface area contributed by atoms with Gasteiger partial charge in [0.25, 0.3) is 0 Å². The first-order valence-electron chi connectivity index (χ1n) is 6.15. The molecule has 1 rings (SSSR count). The number of aliphatic imine (C=N–C) groups is 1. The van der Waals surface area contributed by atoms with Crippen LogP contribution < -0.4 is 11.1 Å². The van der Waals surface area contributed by atoms with Gasteiger partial charge in [0, 0.05) is 29.5 Å². The average molecular weight is 327 g/mol. The Kier molecular flexibility index (Phi) is 5.95. The van der Waals surface area contributed by atoms with Crippen LogP contribution in [0.1, 0.15) is 31.7 Å². The summed E-state index contributed by atoms with van der Waals surface area (Å²) in [4.78, 5) is 19.7. The summed E-state index contributed by atoms with van der Waals surface area (Å²) < 4.78 is 0.821. The van der Waals surface area contributed by atoms with Crippen molar-refractivity contribution in [3.63, 3.8) is 0 Å². The lowest BCUT2D eigenvalue weighted by Gasteiger charge is -2.30. The second kappa shape index (κ2) is 7.23. The molecule has 1 heterocycles. The van der Waals surface area contributed by atoms with Crippen molar-refractivity contribution >= 4 is 28.2 Å². The maximum absolute atomic E-state index is 11.7. The van der Waals surface area contributed by atoms with E-state index in [4.69, 9.17) is 5.73 Å². The topological polar surface area (TPSA) is 80.4 Å². The number of aldehydes is 1. The first-order valence-corrected chi connectivity index (χ1v) is 6.95. The number of guanidine groups is 1. The Morgan fingerprint density at radius 1 is 1.63 bits per heavy atom. The van der Waals surface area contributed by atoms with Crippen molar-refractivity contribution in [3.05, 3.63) is 28.5 Å². The highest BCUT2D eigenvalue weighted by Crippen LogP contribution is 2.26. The SMILES string of the molecule is CCCCC(C=O)(NC(N)=NC)c1cncc(Br)c1. The van der Waals surface area contributed by atoms with Gasteiger partial charge in [0.15, 0.2) is 5.96 Å². The van der Waals surface area contributed by atoms with Gasteiger partial charge in [0.1, 0.15) is 11.8 Å². The maximum Gasteiger partial charge on any atom is 0.189 e. The molecule has 3 N–H and O–H groups in total. The number of hydrogen-bond donors (Lipinski definition) is 2. The van der Waals surface area contributed by atoms with E-state index in [1.807, 2.05) is 6.07 Å². The molecule has 0 aliphatic carbocycles. The van der Waals surface area contributed by atoms with Gasteiger partial charge in [0.2, 0.25) is 0 Å². The van der Waals surface area contributed by atoms with E-state index >= 15 is 0 Å². The summed E-state index contributed by atoms with van der Waals surface area (Å²) in [5, 5.41) is 3.01. The van der Waals surface area contributed by atoms with E-state index in [-0.39, 0.29) is 5.96 Å². The quantitative estimate of drug-likeness (QED) is 0.475. The van der Waals surface area contributed by atoms with E-state index < -0.39 is 5.54 Å². The van der Waals surface area contributed by atoms with Crippen LogP contribution in [-0.2, 0) is 10.3 Å². The normalized spacial score (nSPS) is 14.8. The van der Waals surface area contributed by atoms with E-state index in [0.29, 0.717) is 6.42 Å². The van der Waals surface area contributed by atoms with Gasteiger partial charge < -0.3 is 15.8 Å². The van der Waals surface area contributed by atoms with Gasteiger partial charge in [-0.15, -0.1) is 0 Å². The molecule has 1 unspecified atom stereocenters. The second-order valence-corrected chi connectivity index (χ2v) is 5.23. The summed E-state index contributed by atoms with van der Waals surface area (Å²) >= 11 is 3.37. The Bertz CT molecular complexity index is 464. The third-order valence-electron chi connectivity index (χ3n) is 2.94. The van der Waals surface area contributed by atoms with Gasteiger partial charge in [-0.05, 0) is 28.4 Å². The highest BCUT2D eigenvalue weighted by atomic mass is 79.9. The predicted molar refractivity (Wildman–Crippen MR) is 79.9 cm³/mol. The van der Waals surface area contributed by atoms with Crippen LogP contribution in [0.25, 0.3) is 0 Å². The van der Waals surface area contributed by atoms with Crippen molar-refractivity contribution < 1.29 is 4.79 Å². The number of aromatic nitrogens is 1. The molecule has 0 saturated carbocycles. The van der Waals surface area contributed by atoms with Gasteiger partial charge in [0.05, 0.1) is 0 Å². The molecule has 6 heteroatoms. The number of hydrogen-bond acceptors (Lipinski definition) is 3. The molecule has 0 fully saturated rings. The third kappa shape index (κ3) is 4.02. The van der Waals surface area contributed by atoms with E-state index in [9.17, 15) is 4.79 Å². The summed E-state index contributed by atoms with van der Waals surface area (Å²) in [5.41, 5.74) is 5.63. The van der Waals surface area contributed by atoms with E-state index in [0.717, 1.165) is 29.2 Å². The van der Waals surface area contributed by atoms with Crippen molar-refractivity contribution in [2.24, 2.45) is 10.7 Å². The number of nitrogens with one attached hydrogen (secondary N) is 1. The van der Waals surface area contributed by atoms with Crippen LogP contribution >= 0.6 is 15.9 Å². The van der Waals surface area contributed by atoms with E-state index in [1.165, 1.54) is 0 Å². The molecule has 1 aromatic rings. The molecule has 104 valence electrons. The van der Waals surface area contributed by atoms with Crippen LogP contribution in [0, 0.1) is 0 Å². The Balaban J connectivity index is 3.18. The smallest absolute Gasteiger partial charge is 0.189 e. The lowest BCUT2D eigenvalue weighted by Crippen LogP contribution is -2.50. The Morgan fingerprint density at radius 2 is 2.37 bits per heavy atom. The van der Waals surface area contributed by atoms with Crippen LogP contribution in [-0.4, -0.2) is 24.3 Å². The lowest BCUT2D eigenvalue weighted by molar-refractivity contribution is -0.113. The molecular weight excluding hydrogens is 308 g/mol. The van der Waals surface area contributed by atoms with E-state index in [2.05, 4.69) is 38.1 Å². The molecule has 0 amide bonds. The highest BCUT2D eigenvalue weighted by molar-refractivity contribution is 9.10. The number of halogens is 1. The summed E-state index contributed by atoms with van der Waals surface area (Å²) in [5.74, 6) is 0.239. The Hall–Kier alpha value is -1.43. The van der Waals surface area contributed by atoms with E-state index in [1.54, 1.807) is 19.4 Å². The standard InChI is InChI=1S/C13H19BrN4O/c1-3-4-5-13(9-19,18-12(15)16-2)10-6-11(14)8-17-7-10/h6-9H,3-5H2,1-2H3,(H3,15,16,18). The molecule has 0 bridgehead atoms. The third-order valence-corrected chi connectivity index (χ3v) is 3.37. The second-order valence-electron chi connectivity index (χ2n) is 4.32. The van der Waals surface area contributed by atoms with Crippen molar-refractivity contribution in [3.8, 4) is 0 Å². The van der Waals surface area contributed by atoms with Crippen molar-refractivity contribution in [1.29, 1.82) is 0 Å². The zero-order valence-corrected chi connectivity index (χ0v) is 12.8. The largest absolute Gasteiger partial charge is 0.370 e. The monoisotopic (exact) mass is 326 g/mol. The summed E-state index contributed by atoms with van der Waals surface area (Å²) in [6.45, 7) is 2.08.